The van der Waals surface area contributed by atoms with Crippen molar-refractivity contribution in [3.8, 4) is 0 Å². The van der Waals surface area contributed by atoms with Crippen LogP contribution in [0.4, 0.5) is 10.8 Å². The topological polar surface area (TPSA) is 80.9 Å². The highest BCUT2D eigenvalue weighted by Crippen LogP contribution is 2.28. The first-order valence-electron chi connectivity index (χ1n) is 6.25. The maximum atomic E-state index is 12.1. The van der Waals surface area contributed by atoms with E-state index in [2.05, 4.69) is 21.6 Å². The van der Waals surface area contributed by atoms with Crippen LogP contribution in [0.15, 0.2) is 18.2 Å². The van der Waals surface area contributed by atoms with E-state index in [1.165, 1.54) is 24.0 Å². The number of fused-ring (bicyclic) bond motifs is 1. The van der Waals surface area contributed by atoms with E-state index in [-0.39, 0.29) is 5.91 Å². The minimum Gasteiger partial charge on any atom is -0.374 e. The van der Waals surface area contributed by atoms with Crippen molar-refractivity contribution in [1.82, 2.24) is 10.2 Å². The Morgan fingerprint density at radius 2 is 2.11 bits per heavy atom. The van der Waals surface area contributed by atoms with Crippen molar-refractivity contribution in [2.75, 3.05) is 11.1 Å². The number of nitrogens with one attached hydrogen (secondary N) is 1. The van der Waals surface area contributed by atoms with Crippen molar-refractivity contribution < 1.29 is 4.79 Å². The number of carbonyl (C=O) groups is 1. The molecule has 6 heteroatoms. The fraction of sp³-hybridized carbons (Fsp3) is 0.308. The maximum absolute atomic E-state index is 12.1. The zero-order chi connectivity index (χ0) is 13.2. The lowest BCUT2D eigenvalue weighted by atomic mass is 9.90. The van der Waals surface area contributed by atoms with Gasteiger partial charge in [0.2, 0.25) is 10.1 Å². The fourth-order valence-electron chi connectivity index (χ4n) is 2.40. The quantitative estimate of drug-likeness (QED) is 0.880. The molecule has 0 spiro atoms. The number of nitrogens with two attached hydrogens (primary N) is 1. The van der Waals surface area contributed by atoms with E-state index < -0.39 is 0 Å². The standard InChI is InChI=1S/C13H14N4OS/c14-13-17-16-12(19-13)11(18)15-10-7-3-5-8-4-1-2-6-9(8)10/h3,5,7H,1-2,4,6H2,(H2,14,17)(H,15,18). The summed E-state index contributed by atoms with van der Waals surface area (Å²) in [5.41, 5.74) is 8.95. The van der Waals surface area contributed by atoms with Gasteiger partial charge in [-0.05, 0) is 42.9 Å². The largest absolute Gasteiger partial charge is 0.374 e. The highest BCUT2D eigenvalue weighted by Gasteiger charge is 2.17. The molecular weight excluding hydrogens is 260 g/mol. The van der Waals surface area contributed by atoms with Crippen LogP contribution in [0.3, 0.4) is 0 Å². The molecule has 0 unspecified atom stereocenters. The van der Waals surface area contributed by atoms with Gasteiger partial charge in [0.1, 0.15) is 0 Å². The second-order valence-electron chi connectivity index (χ2n) is 4.55. The first-order valence-corrected chi connectivity index (χ1v) is 7.07. The molecule has 0 saturated heterocycles. The summed E-state index contributed by atoms with van der Waals surface area (Å²) >= 11 is 1.10. The average Bonchev–Trinajstić information content (AvgIpc) is 2.86. The van der Waals surface area contributed by atoms with Gasteiger partial charge in [-0.25, -0.2) is 0 Å². The molecule has 0 atom stereocenters. The van der Waals surface area contributed by atoms with Crippen molar-refractivity contribution in [2.24, 2.45) is 0 Å². The average molecular weight is 274 g/mol. The Morgan fingerprint density at radius 1 is 1.26 bits per heavy atom. The normalized spacial score (nSPS) is 13.9. The third kappa shape index (κ3) is 2.44. The predicted molar refractivity (Wildman–Crippen MR) is 75.4 cm³/mol. The number of amides is 1. The van der Waals surface area contributed by atoms with Crippen LogP contribution in [-0.2, 0) is 12.8 Å². The molecule has 0 saturated carbocycles. The highest BCUT2D eigenvalue weighted by atomic mass is 32.1. The molecule has 98 valence electrons. The number of anilines is 2. The molecule has 1 heterocycles. The van der Waals surface area contributed by atoms with Gasteiger partial charge in [-0.3, -0.25) is 4.79 Å². The van der Waals surface area contributed by atoms with E-state index in [1.54, 1.807) is 0 Å². The van der Waals surface area contributed by atoms with Crippen LogP contribution in [0.1, 0.15) is 33.8 Å². The van der Waals surface area contributed by atoms with Gasteiger partial charge in [0.25, 0.3) is 5.91 Å². The van der Waals surface area contributed by atoms with Crippen molar-refractivity contribution in [3.05, 3.63) is 34.3 Å². The summed E-state index contributed by atoms with van der Waals surface area (Å²) in [6.45, 7) is 0. The smallest absolute Gasteiger partial charge is 0.286 e. The number of aromatic nitrogens is 2. The summed E-state index contributed by atoms with van der Waals surface area (Å²) in [6.07, 6.45) is 4.50. The van der Waals surface area contributed by atoms with Crippen molar-refractivity contribution in [1.29, 1.82) is 0 Å². The van der Waals surface area contributed by atoms with Crippen LogP contribution in [0, 0.1) is 0 Å². The lowest BCUT2D eigenvalue weighted by Gasteiger charge is -2.19. The second-order valence-corrected chi connectivity index (χ2v) is 5.56. The van der Waals surface area contributed by atoms with Crippen LogP contribution >= 0.6 is 11.3 Å². The Balaban J connectivity index is 1.85. The summed E-state index contributed by atoms with van der Waals surface area (Å²) in [4.78, 5) is 12.1. The second kappa shape index (κ2) is 4.97. The minimum atomic E-state index is -0.242. The van der Waals surface area contributed by atoms with E-state index >= 15 is 0 Å². The number of aryl methyl sites for hydroxylation is 1. The minimum absolute atomic E-state index is 0.242. The first kappa shape index (κ1) is 12.1. The number of nitrogens with zero attached hydrogens (tertiary/aromatic N) is 2. The maximum Gasteiger partial charge on any atom is 0.286 e. The van der Waals surface area contributed by atoms with Gasteiger partial charge in [-0.15, -0.1) is 10.2 Å². The molecule has 1 aromatic heterocycles. The molecule has 1 amide bonds. The molecule has 3 rings (SSSR count). The Hall–Kier alpha value is -1.95. The fourth-order valence-corrected chi connectivity index (χ4v) is 2.91. The number of rotatable bonds is 2. The molecule has 2 aromatic rings. The third-order valence-electron chi connectivity index (χ3n) is 3.28. The van der Waals surface area contributed by atoms with Gasteiger partial charge < -0.3 is 11.1 Å². The molecule has 1 aliphatic carbocycles. The zero-order valence-corrected chi connectivity index (χ0v) is 11.2. The molecule has 0 aliphatic heterocycles. The first-order chi connectivity index (χ1) is 9.24. The van der Waals surface area contributed by atoms with Crippen LogP contribution in [-0.4, -0.2) is 16.1 Å². The van der Waals surface area contributed by atoms with Crippen molar-refractivity contribution in [2.45, 2.75) is 25.7 Å². The van der Waals surface area contributed by atoms with Crippen LogP contribution in [0.2, 0.25) is 0 Å². The van der Waals surface area contributed by atoms with E-state index in [9.17, 15) is 4.79 Å². The summed E-state index contributed by atoms with van der Waals surface area (Å²) < 4.78 is 0. The number of hydrogen-bond acceptors (Lipinski definition) is 5. The molecule has 1 aliphatic rings. The monoisotopic (exact) mass is 274 g/mol. The molecule has 1 aromatic carbocycles. The van der Waals surface area contributed by atoms with E-state index in [0.29, 0.717) is 10.1 Å². The van der Waals surface area contributed by atoms with Crippen LogP contribution in [0.25, 0.3) is 0 Å². The summed E-state index contributed by atoms with van der Waals surface area (Å²) in [6, 6.07) is 6.05. The molecule has 0 radical (unpaired) electrons. The van der Waals surface area contributed by atoms with Gasteiger partial charge in [0.05, 0.1) is 0 Å². The van der Waals surface area contributed by atoms with Gasteiger partial charge in [0, 0.05) is 5.69 Å². The van der Waals surface area contributed by atoms with Crippen LogP contribution < -0.4 is 11.1 Å². The van der Waals surface area contributed by atoms with Crippen molar-refractivity contribution >= 4 is 28.1 Å². The van der Waals surface area contributed by atoms with Gasteiger partial charge >= 0.3 is 0 Å². The molecular formula is C13H14N4OS. The Morgan fingerprint density at radius 3 is 2.89 bits per heavy atom. The van der Waals surface area contributed by atoms with E-state index in [4.69, 9.17) is 5.73 Å². The Kier molecular flexibility index (Phi) is 3.16. The molecule has 0 bridgehead atoms. The molecule has 19 heavy (non-hydrogen) atoms. The predicted octanol–water partition coefficient (Wildman–Crippen LogP) is 2.25. The molecule has 3 N–H and O–H groups in total. The Labute approximate surface area is 114 Å². The lowest BCUT2D eigenvalue weighted by Crippen LogP contribution is -2.15. The number of hydrogen-bond donors (Lipinski definition) is 2. The lowest BCUT2D eigenvalue weighted by molar-refractivity contribution is 0.102. The third-order valence-corrected chi connectivity index (χ3v) is 4.03. The summed E-state index contributed by atoms with van der Waals surface area (Å²) in [5.74, 6) is -0.242. The van der Waals surface area contributed by atoms with Gasteiger partial charge in [-0.1, -0.05) is 23.5 Å². The molecule has 5 nitrogen and oxygen atoms in total. The summed E-state index contributed by atoms with van der Waals surface area (Å²) in [7, 11) is 0. The van der Waals surface area contributed by atoms with Crippen molar-refractivity contribution in [3.63, 3.8) is 0 Å². The number of nitrogen functional groups attached to an aromatic ring is 1. The van der Waals surface area contributed by atoms with E-state index in [1.807, 2.05) is 12.1 Å². The highest BCUT2D eigenvalue weighted by molar-refractivity contribution is 7.16. The van der Waals surface area contributed by atoms with Gasteiger partial charge in [-0.2, -0.15) is 0 Å². The van der Waals surface area contributed by atoms with Gasteiger partial charge in [0.15, 0.2) is 0 Å². The molecule has 0 fully saturated rings. The number of carbonyl (C=O) groups excluding carboxylic acids is 1. The zero-order valence-electron chi connectivity index (χ0n) is 10.3. The Bertz CT molecular complexity index is 623. The SMILES string of the molecule is Nc1nnc(C(=O)Nc2cccc3c2CCCC3)s1. The summed E-state index contributed by atoms with van der Waals surface area (Å²) in [5, 5.41) is 10.9. The van der Waals surface area contributed by atoms with Crippen LogP contribution in [0.5, 0.6) is 0 Å². The van der Waals surface area contributed by atoms with E-state index in [0.717, 1.165) is 29.9 Å². The number of benzene rings is 1.